The topological polar surface area (TPSA) is 72.3 Å². The number of nitrogens with one attached hydrogen (secondary N) is 1. The lowest BCUT2D eigenvalue weighted by molar-refractivity contribution is -0.0668. The van der Waals surface area contributed by atoms with Crippen LogP contribution in [0.1, 0.15) is 5.56 Å². The molecule has 0 saturated carbocycles. The molecule has 0 fully saturated rings. The van der Waals surface area contributed by atoms with Crippen LogP contribution in [0.15, 0.2) is 71.9 Å². The largest absolute Gasteiger partial charge is 0.454 e. The Kier molecular flexibility index (Phi) is 5.08. The van der Waals surface area contributed by atoms with Crippen LogP contribution in [-0.4, -0.2) is 32.1 Å². The minimum absolute atomic E-state index is 0.00622. The zero-order valence-electron chi connectivity index (χ0n) is 17.3. The van der Waals surface area contributed by atoms with E-state index >= 15 is 0 Å². The predicted octanol–water partition coefficient (Wildman–Crippen LogP) is 5.15. The van der Waals surface area contributed by atoms with Crippen LogP contribution >= 0.6 is 0 Å². The van der Waals surface area contributed by atoms with Gasteiger partial charge in [-0.3, -0.25) is 9.78 Å². The van der Waals surface area contributed by atoms with Crippen molar-refractivity contribution in [3.8, 4) is 28.4 Å². The van der Waals surface area contributed by atoms with Gasteiger partial charge in [0.1, 0.15) is 11.4 Å². The molecule has 33 heavy (non-hydrogen) atoms. The van der Waals surface area contributed by atoms with Crippen molar-refractivity contribution in [2.75, 3.05) is 0 Å². The summed E-state index contributed by atoms with van der Waals surface area (Å²) in [6, 6.07) is 13.3. The highest BCUT2D eigenvalue weighted by atomic mass is 19.3. The highest BCUT2D eigenvalue weighted by molar-refractivity contribution is 5.82. The van der Waals surface area contributed by atoms with E-state index in [-0.39, 0.29) is 11.2 Å². The van der Waals surface area contributed by atoms with Crippen molar-refractivity contribution in [2.24, 2.45) is 0 Å². The third-order valence-electron chi connectivity index (χ3n) is 5.34. The van der Waals surface area contributed by atoms with Crippen molar-refractivity contribution in [1.29, 1.82) is 0 Å². The number of imidazole rings is 1. The molecule has 5 rings (SSSR count). The van der Waals surface area contributed by atoms with E-state index < -0.39 is 12.8 Å². The van der Waals surface area contributed by atoms with Crippen LogP contribution < -0.4 is 10.2 Å². The van der Waals surface area contributed by atoms with Crippen LogP contribution in [0.25, 0.3) is 39.2 Å². The number of alkyl halides is 3. The van der Waals surface area contributed by atoms with Crippen LogP contribution in [0.4, 0.5) is 13.2 Å². The van der Waals surface area contributed by atoms with Gasteiger partial charge < -0.3 is 14.1 Å². The fraction of sp³-hybridized carbons (Fsp3) is 0.125. The number of nitrogens with zero attached hydrogens (tertiary/aromatic N) is 3. The van der Waals surface area contributed by atoms with E-state index in [1.54, 1.807) is 48.1 Å². The first-order valence-corrected chi connectivity index (χ1v) is 10.1. The number of fused-ring (bicyclic) bond motifs is 2. The number of halogens is 3. The highest BCUT2D eigenvalue weighted by Gasteiger charge is 2.20. The smallest absolute Gasteiger partial charge is 0.304 e. The molecule has 1 atom stereocenters. The molecule has 0 spiro atoms. The van der Waals surface area contributed by atoms with Gasteiger partial charge in [-0.1, -0.05) is 12.1 Å². The number of benzene rings is 2. The molecule has 0 bridgehead atoms. The average molecular weight is 450 g/mol. The van der Waals surface area contributed by atoms with E-state index in [1.165, 1.54) is 12.1 Å². The Morgan fingerprint density at radius 3 is 2.48 bits per heavy atom. The van der Waals surface area contributed by atoms with E-state index in [9.17, 15) is 18.0 Å². The third kappa shape index (κ3) is 3.82. The molecular weight excluding hydrogens is 433 g/mol. The maximum Gasteiger partial charge on any atom is 0.304 e. The fourth-order valence-electron chi connectivity index (χ4n) is 3.64. The van der Waals surface area contributed by atoms with Gasteiger partial charge in [-0.25, -0.2) is 13.8 Å². The van der Waals surface area contributed by atoms with Gasteiger partial charge in [-0.2, -0.15) is 4.39 Å². The summed E-state index contributed by atoms with van der Waals surface area (Å²) in [6.07, 6.45) is -0.758. The molecule has 0 aliphatic heterocycles. The molecule has 3 heterocycles. The molecule has 0 amide bonds. The lowest BCUT2D eigenvalue weighted by Crippen LogP contribution is -2.19. The average Bonchev–Trinajstić information content (AvgIpc) is 3.25. The van der Waals surface area contributed by atoms with Crippen LogP contribution in [0.3, 0.4) is 0 Å². The first kappa shape index (κ1) is 20.7. The number of aromatic nitrogens is 4. The molecular formula is C24H17F3N4O2. The number of H-pyrrole nitrogens is 1. The first-order chi connectivity index (χ1) is 15.9. The van der Waals surface area contributed by atoms with Crippen molar-refractivity contribution < 1.29 is 17.9 Å². The quantitative estimate of drug-likeness (QED) is 0.402. The lowest BCUT2D eigenvalue weighted by atomic mass is 10.1. The third-order valence-corrected chi connectivity index (χ3v) is 5.34. The SMILES string of the molecule is Cc1c(-c2cn3cc(-c4ccc(OC(F)C(F)F)cc4)ncc3n2)[nH]c2ccccc2c1=O. The standard InChI is InChI=1S/C24H17F3N4O2/c1-13-21(30-17-5-3-2-4-16(17)22(13)32)19-12-31-11-18(28-10-20(31)29-19)14-6-8-15(9-7-14)33-24(27)23(25)26/h2-12,23-24H,1H3,(H,30,32). The van der Waals surface area contributed by atoms with E-state index in [1.807, 2.05) is 18.2 Å². The monoisotopic (exact) mass is 450 g/mol. The molecule has 1 N–H and O–H groups in total. The Balaban J connectivity index is 1.49. The molecule has 9 heteroatoms. The van der Waals surface area contributed by atoms with Crippen molar-refractivity contribution in [1.82, 2.24) is 19.4 Å². The molecule has 166 valence electrons. The van der Waals surface area contributed by atoms with Crippen molar-refractivity contribution in [3.05, 3.63) is 82.9 Å². The normalized spacial score (nSPS) is 12.5. The Labute approximate surface area is 185 Å². The van der Waals surface area contributed by atoms with Crippen LogP contribution in [-0.2, 0) is 0 Å². The van der Waals surface area contributed by atoms with E-state index in [0.717, 1.165) is 5.52 Å². The van der Waals surface area contributed by atoms with Gasteiger partial charge in [0.25, 0.3) is 6.36 Å². The molecule has 1 unspecified atom stereocenters. The Morgan fingerprint density at radius 2 is 1.73 bits per heavy atom. The fourth-order valence-corrected chi connectivity index (χ4v) is 3.64. The Bertz CT molecular complexity index is 1530. The summed E-state index contributed by atoms with van der Waals surface area (Å²) in [7, 11) is 0. The summed E-state index contributed by atoms with van der Waals surface area (Å²) in [6.45, 7) is 1.76. The second kappa shape index (κ2) is 8.09. The van der Waals surface area contributed by atoms with Gasteiger partial charge in [-0.05, 0) is 43.3 Å². The number of ether oxygens (including phenoxy) is 1. The van der Waals surface area contributed by atoms with Crippen molar-refractivity contribution >= 4 is 16.6 Å². The maximum absolute atomic E-state index is 13.1. The van der Waals surface area contributed by atoms with Crippen LogP contribution in [0.2, 0.25) is 0 Å². The predicted molar refractivity (Wildman–Crippen MR) is 118 cm³/mol. The second-order valence-electron chi connectivity index (χ2n) is 7.49. The Hall–Kier alpha value is -4.14. The number of pyridine rings is 1. The lowest BCUT2D eigenvalue weighted by Gasteiger charge is -2.10. The first-order valence-electron chi connectivity index (χ1n) is 10.1. The number of para-hydroxylation sites is 1. The van der Waals surface area contributed by atoms with Gasteiger partial charge >= 0.3 is 6.43 Å². The number of hydrogen-bond donors (Lipinski definition) is 1. The van der Waals surface area contributed by atoms with Crippen LogP contribution in [0.5, 0.6) is 5.75 Å². The molecule has 0 radical (unpaired) electrons. The van der Waals surface area contributed by atoms with Gasteiger partial charge in [0.05, 0.1) is 17.6 Å². The molecule has 5 aromatic rings. The molecule has 0 aliphatic rings. The minimum Gasteiger partial charge on any atom is -0.454 e. The number of hydrogen-bond acceptors (Lipinski definition) is 4. The zero-order valence-corrected chi connectivity index (χ0v) is 17.3. The summed E-state index contributed by atoms with van der Waals surface area (Å²) in [5.74, 6) is -0.00622. The molecule has 6 nitrogen and oxygen atoms in total. The summed E-state index contributed by atoms with van der Waals surface area (Å²) in [4.78, 5) is 25.1. The molecule has 0 aliphatic carbocycles. The van der Waals surface area contributed by atoms with E-state index in [4.69, 9.17) is 0 Å². The number of aromatic amines is 1. The molecule has 3 aromatic heterocycles. The second-order valence-corrected chi connectivity index (χ2v) is 7.49. The van der Waals surface area contributed by atoms with Gasteiger partial charge in [0, 0.05) is 34.4 Å². The van der Waals surface area contributed by atoms with E-state index in [2.05, 4.69) is 19.7 Å². The molecule has 2 aromatic carbocycles. The summed E-state index contributed by atoms with van der Waals surface area (Å²) in [5.41, 5.74) is 4.32. The summed E-state index contributed by atoms with van der Waals surface area (Å²) in [5, 5.41) is 0.617. The van der Waals surface area contributed by atoms with Crippen molar-refractivity contribution in [2.45, 2.75) is 19.7 Å². The van der Waals surface area contributed by atoms with Crippen LogP contribution in [0, 0.1) is 6.92 Å². The summed E-state index contributed by atoms with van der Waals surface area (Å²) < 4.78 is 44.0. The van der Waals surface area contributed by atoms with Gasteiger partial charge in [0.15, 0.2) is 11.1 Å². The summed E-state index contributed by atoms with van der Waals surface area (Å²) >= 11 is 0. The van der Waals surface area contributed by atoms with E-state index in [0.29, 0.717) is 39.2 Å². The van der Waals surface area contributed by atoms with Gasteiger partial charge in [-0.15, -0.1) is 0 Å². The van der Waals surface area contributed by atoms with Crippen molar-refractivity contribution in [3.63, 3.8) is 0 Å². The number of rotatable bonds is 5. The zero-order chi connectivity index (χ0) is 23.1. The highest BCUT2D eigenvalue weighted by Crippen LogP contribution is 2.25. The van der Waals surface area contributed by atoms with Gasteiger partial charge in [0.2, 0.25) is 0 Å². The molecule has 0 saturated heterocycles. The minimum atomic E-state index is -3.22. The Morgan fingerprint density at radius 1 is 1.00 bits per heavy atom. The maximum atomic E-state index is 13.1.